The van der Waals surface area contributed by atoms with Crippen molar-refractivity contribution < 1.29 is 9.53 Å². The quantitative estimate of drug-likeness (QED) is 0.889. The molecule has 0 aliphatic carbocycles. The summed E-state index contributed by atoms with van der Waals surface area (Å²) >= 11 is 5.98. The molecular formula is C15H15ClN2O2. The van der Waals surface area contributed by atoms with Crippen LogP contribution in [0.3, 0.4) is 0 Å². The Morgan fingerprint density at radius 1 is 1.25 bits per heavy atom. The maximum atomic E-state index is 11.0. The summed E-state index contributed by atoms with van der Waals surface area (Å²) in [6.45, 7) is 0.569. The van der Waals surface area contributed by atoms with Crippen LogP contribution in [0.4, 0.5) is 5.69 Å². The second-order valence-corrected chi connectivity index (χ2v) is 4.69. The molecule has 0 fully saturated rings. The fraction of sp³-hybridized carbons (Fsp3) is 0.133. The molecule has 104 valence electrons. The number of nitrogens with one attached hydrogen (secondary N) is 1. The fourth-order valence-corrected chi connectivity index (χ4v) is 2.03. The minimum absolute atomic E-state index is 0.437. The number of ether oxygens (including phenoxy) is 1. The predicted octanol–water partition coefficient (Wildman–Crippen LogP) is 3.06. The van der Waals surface area contributed by atoms with E-state index >= 15 is 0 Å². The molecule has 0 saturated heterocycles. The van der Waals surface area contributed by atoms with Gasteiger partial charge in [0.2, 0.25) is 5.91 Å². The predicted molar refractivity (Wildman–Crippen MR) is 80.3 cm³/mol. The van der Waals surface area contributed by atoms with E-state index in [2.05, 4.69) is 5.32 Å². The Balaban J connectivity index is 2.08. The molecule has 0 unspecified atom stereocenters. The van der Waals surface area contributed by atoms with Crippen LogP contribution in [0.25, 0.3) is 0 Å². The molecule has 0 aliphatic heterocycles. The van der Waals surface area contributed by atoms with Crippen molar-refractivity contribution >= 4 is 23.2 Å². The van der Waals surface area contributed by atoms with E-state index in [9.17, 15) is 4.79 Å². The summed E-state index contributed by atoms with van der Waals surface area (Å²) in [5.41, 5.74) is 7.52. The molecule has 0 saturated carbocycles. The van der Waals surface area contributed by atoms with Gasteiger partial charge in [0.15, 0.2) is 0 Å². The van der Waals surface area contributed by atoms with Gasteiger partial charge >= 0.3 is 0 Å². The maximum absolute atomic E-state index is 11.0. The Labute approximate surface area is 122 Å². The van der Waals surface area contributed by atoms with E-state index in [-0.39, 0.29) is 0 Å². The molecule has 0 radical (unpaired) electrons. The van der Waals surface area contributed by atoms with Gasteiger partial charge in [-0.2, -0.15) is 0 Å². The fourth-order valence-electron chi connectivity index (χ4n) is 1.83. The van der Waals surface area contributed by atoms with Crippen LogP contribution in [-0.4, -0.2) is 13.0 Å². The number of primary amides is 1. The molecule has 2 rings (SSSR count). The number of methoxy groups -OCH3 is 1. The maximum Gasteiger partial charge on any atom is 0.248 e. The number of rotatable bonds is 5. The van der Waals surface area contributed by atoms with Crippen LogP contribution in [0.1, 0.15) is 15.9 Å². The van der Waals surface area contributed by atoms with Gasteiger partial charge in [-0.1, -0.05) is 11.6 Å². The van der Waals surface area contributed by atoms with Crippen LogP contribution >= 0.6 is 11.6 Å². The SMILES string of the molecule is COc1ccc(Cl)cc1CNc1ccc(C(N)=O)cc1. The van der Waals surface area contributed by atoms with Crippen molar-refractivity contribution in [2.75, 3.05) is 12.4 Å². The van der Waals surface area contributed by atoms with E-state index in [4.69, 9.17) is 22.1 Å². The third-order valence-corrected chi connectivity index (χ3v) is 3.13. The lowest BCUT2D eigenvalue weighted by molar-refractivity contribution is 0.100. The smallest absolute Gasteiger partial charge is 0.248 e. The lowest BCUT2D eigenvalue weighted by Crippen LogP contribution is -2.10. The van der Waals surface area contributed by atoms with Crippen LogP contribution < -0.4 is 15.8 Å². The van der Waals surface area contributed by atoms with Crippen molar-refractivity contribution in [3.8, 4) is 5.75 Å². The summed E-state index contributed by atoms with van der Waals surface area (Å²) < 4.78 is 5.28. The zero-order valence-corrected chi connectivity index (χ0v) is 11.8. The van der Waals surface area contributed by atoms with Gasteiger partial charge < -0.3 is 15.8 Å². The lowest BCUT2D eigenvalue weighted by Gasteiger charge is -2.11. The average molecular weight is 291 g/mol. The average Bonchev–Trinajstić information content (AvgIpc) is 2.45. The zero-order chi connectivity index (χ0) is 14.5. The van der Waals surface area contributed by atoms with E-state index in [1.165, 1.54) is 0 Å². The van der Waals surface area contributed by atoms with Crippen LogP contribution in [0.2, 0.25) is 5.02 Å². The summed E-state index contributed by atoms with van der Waals surface area (Å²) in [6.07, 6.45) is 0. The van der Waals surface area contributed by atoms with Crippen molar-refractivity contribution in [1.82, 2.24) is 0 Å². The van der Waals surface area contributed by atoms with E-state index in [1.807, 2.05) is 12.1 Å². The second-order valence-electron chi connectivity index (χ2n) is 4.25. The van der Waals surface area contributed by atoms with Crippen LogP contribution in [0.5, 0.6) is 5.75 Å². The molecule has 2 aromatic rings. The molecule has 0 spiro atoms. The number of hydrogen-bond donors (Lipinski definition) is 2. The highest BCUT2D eigenvalue weighted by Gasteiger charge is 2.04. The summed E-state index contributed by atoms with van der Waals surface area (Å²) in [5, 5.41) is 3.90. The zero-order valence-electron chi connectivity index (χ0n) is 11.0. The van der Waals surface area contributed by atoms with Gasteiger partial charge in [-0.3, -0.25) is 4.79 Å². The number of carbonyl (C=O) groups is 1. The lowest BCUT2D eigenvalue weighted by atomic mass is 10.1. The Hall–Kier alpha value is -2.20. The van der Waals surface area contributed by atoms with Gasteiger partial charge in [0.25, 0.3) is 0 Å². The number of halogens is 1. The molecule has 3 N–H and O–H groups in total. The van der Waals surface area contributed by atoms with E-state index in [0.717, 1.165) is 17.0 Å². The minimum Gasteiger partial charge on any atom is -0.496 e. The van der Waals surface area contributed by atoms with Gasteiger partial charge in [-0.15, -0.1) is 0 Å². The Morgan fingerprint density at radius 3 is 2.55 bits per heavy atom. The number of hydrogen-bond acceptors (Lipinski definition) is 3. The van der Waals surface area contributed by atoms with Gasteiger partial charge in [-0.05, 0) is 42.5 Å². The van der Waals surface area contributed by atoms with Crippen LogP contribution in [0, 0.1) is 0 Å². The summed E-state index contributed by atoms with van der Waals surface area (Å²) in [4.78, 5) is 11.0. The first-order valence-electron chi connectivity index (χ1n) is 6.06. The molecule has 0 aromatic heterocycles. The van der Waals surface area contributed by atoms with E-state index in [0.29, 0.717) is 17.1 Å². The topological polar surface area (TPSA) is 64.3 Å². The molecule has 4 nitrogen and oxygen atoms in total. The standard InChI is InChI=1S/C15H15ClN2O2/c1-20-14-7-4-12(16)8-11(14)9-18-13-5-2-10(3-6-13)15(17)19/h2-8,18H,9H2,1H3,(H2,17,19). The van der Waals surface area contributed by atoms with Gasteiger partial charge in [0.1, 0.15) is 5.75 Å². The van der Waals surface area contributed by atoms with Crippen LogP contribution in [0.15, 0.2) is 42.5 Å². The number of carbonyl (C=O) groups excluding carboxylic acids is 1. The second kappa shape index (κ2) is 6.30. The van der Waals surface area contributed by atoms with E-state index < -0.39 is 5.91 Å². The number of anilines is 1. The summed E-state index contributed by atoms with van der Waals surface area (Å²) in [7, 11) is 1.62. The van der Waals surface area contributed by atoms with Crippen molar-refractivity contribution in [1.29, 1.82) is 0 Å². The summed E-state index contributed by atoms with van der Waals surface area (Å²) in [5.74, 6) is 0.337. The minimum atomic E-state index is -0.437. The molecule has 5 heteroatoms. The van der Waals surface area contributed by atoms with Crippen LogP contribution in [-0.2, 0) is 6.54 Å². The Bertz CT molecular complexity index is 612. The number of amides is 1. The van der Waals surface area contributed by atoms with Crippen molar-refractivity contribution in [2.45, 2.75) is 6.54 Å². The van der Waals surface area contributed by atoms with Crippen molar-refractivity contribution in [3.63, 3.8) is 0 Å². The largest absolute Gasteiger partial charge is 0.496 e. The van der Waals surface area contributed by atoms with Gasteiger partial charge in [0.05, 0.1) is 7.11 Å². The van der Waals surface area contributed by atoms with Crippen molar-refractivity contribution in [2.24, 2.45) is 5.73 Å². The first-order chi connectivity index (χ1) is 9.60. The van der Waals surface area contributed by atoms with E-state index in [1.54, 1.807) is 37.4 Å². The molecule has 1 amide bonds. The van der Waals surface area contributed by atoms with Gasteiger partial charge in [0, 0.05) is 28.4 Å². The Kier molecular flexibility index (Phi) is 4.48. The molecule has 2 aromatic carbocycles. The van der Waals surface area contributed by atoms with Gasteiger partial charge in [-0.25, -0.2) is 0 Å². The molecule has 20 heavy (non-hydrogen) atoms. The molecule has 0 atom stereocenters. The molecule has 0 bridgehead atoms. The first kappa shape index (κ1) is 14.2. The molecule has 0 heterocycles. The highest BCUT2D eigenvalue weighted by molar-refractivity contribution is 6.30. The Morgan fingerprint density at radius 2 is 1.95 bits per heavy atom. The highest BCUT2D eigenvalue weighted by atomic mass is 35.5. The first-order valence-corrected chi connectivity index (χ1v) is 6.44. The third kappa shape index (κ3) is 3.42. The number of benzene rings is 2. The molecular weight excluding hydrogens is 276 g/mol. The summed E-state index contributed by atoms with van der Waals surface area (Å²) in [6, 6.07) is 12.4. The highest BCUT2D eigenvalue weighted by Crippen LogP contribution is 2.23. The number of nitrogens with two attached hydrogens (primary N) is 1. The normalized spacial score (nSPS) is 10.1. The molecule has 0 aliphatic rings. The van der Waals surface area contributed by atoms with Crippen molar-refractivity contribution in [3.05, 3.63) is 58.6 Å². The monoisotopic (exact) mass is 290 g/mol. The third-order valence-electron chi connectivity index (χ3n) is 2.89.